The van der Waals surface area contributed by atoms with E-state index in [1.165, 1.54) is 0 Å². The number of carbonyl (C=O) groups is 1. The normalized spacial score (nSPS) is 25.9. The summed E-state index contributed by atoms with van der Waals surface area (Å²) < 4.78 is 25.1. The third-order valence-electron chi connectivity index (χ3n) is 2.26. The van der Waals surface area contributed by atoms with Gasteiger partial charge in [-0.3, -0.25) is 4.79 Å². The van der Waals surface area contributed by atoms with Crippen LogP contribution in [0.2, 0.25) is 0 Å². The molecule has 0 spiro atoms. The van der Waals surface area contributed by atoms with Crippen LogP contribution in [-0.2, 0) is 14.8 Å². The second-order valence-corrected chi connectivity index (χ2v) is 5.63. The van der Waals surface area contributed by atoms with Crippen molar-refractivity contribution in [2.45, 2.75) is 37.8 Å². The number of hydrogen-bond donors (Lipinski definition) is 3. The molecule has 15 heavy (non-hydrogen) atoms. The van der Waals surface area contributed by atoms with Crippen molar-refractivity contribution >= 4 is 16.0 Å². The fourth-order valence-corrected chi connectivity index (χ4v) is 2.75. The first-order valence-electron chi connectivity index (χ1n) is 4.79. The van der Waals surface area contributed by atoms with Crippen molar-refractivity contribution in [3.05, 3.63) is 0 Å². The van der Waals surface area contributed by atoms with Crippen LogP contribution in [0.25, 0.3) is 0 Å². The lowest BCUT2D eigenvalue weighted by Gasteiger charge is -2.31. The fourth-order valence-electron chi connectivity index (χ4n) is 1.41. The Kier molecular flexibility index (Phi) is 4.06. The summed E-state index contributed by atoms with van der Waals surface area (Å²) in [7, 11) is -3.39. The van der Waals surface area contributed by atoms with Gasteiger partial charge in [0, 0.05) is 12.5 Å². The Balaban J connectivity index is 2.23. The molecule has 0 amide bonds. The molecule has 0 aromatic carbocycles. The number of aliphatic hydroxyl groups excluding tert-OH is 1. The number of hydrogen-bond acceptors (Lipinski definition) is 4. The molecule has 1 aliphatic carbocycles. The summed E-state index contributed by atoms with van der Waals surface area (Å²) in [5.74, 6) is -1.17. The number of carboxylic acid groups (broad SMARTS) is 1. The molecule has 1 fully saturated rings. The van der Waals surface area contributed by atoms with Crippen LogP contribution < -0.4 is 4.72 Å². The van der Waals surface area contributed by atoms with Crippen molar-refractivity contribution in [1.29, 1.82) is 0 Å². The van der Waals surface area contributed by atoms with E-state index in [9.17, 15) is 13.2 Å². The molecule has 0 aromatic rings. The zero-order valence-corrected chi connectivity index (χ0v) is 9.03. The molecule has 0 bridgehead atoms. The number of nitrogens with one attached hydrogen (secondary N) is 1. The maximum atomic E-state index is 11.3. The molecule has 1 aliphatic rings. The minimum atomic E-state index is -3.39. The highest BCUT2D eigenvalue weighted by Crippen LogP contribution is 2.20. The molecule has 0 atom stereocenters. The van der Waals surface area contributed by atoms with Gasteiger partial charge in [0.25, 0.3) is 0 Å². The lowest BCUT2D eigenvalue weighted by Crippen LogP contribution is -2.47. The van der Waals surface area contributed by atoms with E-state index in [0.29, 0.717) is 12.8 Å². The van der Waals surface area contributed by atoms with Gasteiger partial charge in [-0.05, 0) is 19.3 Å². The van der Waals surface area contributed by atoms with Gasteiger partial charge in [0.1, 0.15) is 0 Å². The zero-order chi connectivity index (χ0) is 11.5. The van der Waals surface area contributed by atoms with Crippen LogP contribution in [0.4, 0.5) is 0 Å². The smallest absolute Gasteiger partial charge is 0.303 e. The average molecular weight is 237 g/mol. The molecule has 6 nitrogen and oxygen atoms in total. The van der Waals surface area contributed by atoms with Gasteiger partial charge in [-0.1, -0.05) is 0 Å². The Hall–Kier alpha value is -0.660. The molecule has 88 valence electrons. The number of sulfonamides is 1. The monoisotopic (exact) mass is 237 g/mol. The summed E-state index contributed by atoms with van der Waals surface area (Å²) in [4.78, 5) is 10.2. The summed E-state index contributed by atoms with van der Waals surface area (Å²) in [6.45, 7) is 0. The van der Waals surface area contributed by atoms with Crippen LogP contribution in [0.15, 0.2) is 0 Å². The van der Waals surface area contributed by atoms with E-state index < -0.39 is 22.1 Å². The van der Waals surface area contributed by atoms with Gasteiger partial charge < -0.3 is 10.2 Å². The quantitative estimate of drug-likeness (QED) is 0.566. The van der Waals surface area contributed by atoms with Crippen LogP contribution in [0.3, 0.4) is 0 Å². The van der Waals surface area contributed by atoms with E-state index in [4.69, 9.17) is 10.2 Å². The third-order valence-corrected chi connectivity index (χ3v) is 3.78. The van der Waals surface area contributed by atoms with E-state index in [1.54, 1.807) is 0 Å². The highest BCUT2D eigenvalue weighted by molar-refractivity contribution is 7.89. The molecular formula is C8H15NO5S. The maximum absolute atomic E-state index is 11.3. The molecule has 0 radical (unpaired) electrons. The topological polar surface area (TPSA) is 104 Å². The molecule has 0 aromatic heterocycles. The predicted octanol–water partition coefficient (Wildman–Crippen LogP) is -0.706. The van der Waals surface area contributed by atoms with Crippen molar-refractivity contribution < 1.29 is 23.4 Å². The Morgan fingerprint density at radius 1 is 1.40 bits per heavy atom. The van der Waals surface area contributed by atoms with Crippen molar-refractivity contribution in [2.75, 3.05) is 5.75 Å². The summed E-state index contributed by atoms with van der Waals surface area (Å²) in [6, 6.07) is -0.185. The summed E-state index contributed by atoms with van der Waals surface area (Å²) in [6.07, 6.45) is 0.446. The molecule has 1 rings (SSSR count). The SMILES string of the molecule is O=C(O)CCCS(=O)(=O)NC1CC(O)C1. The lowest BCUT2D eigenvalue weighted by atomic mass is 9.91. The van der Waals surface area contributed by atoms with Gasteiger partial charge in [0.05, 0.1) is 11.9 Å². The fraction of sp³-hybridized carbons (Fsp3) is 0.875. The van der Waals surface area contributed by atoms with Gasteiger partial charge in [-0.2, -0.15) is 0 Å². The minimum absolute atomic E-state index is 0.111. The van der Waals surface area contributed by atoms with E-state index in [-0.39, 0.29) is 24.6 Å². The van der Waals surface area contributed by atoms with Gasteiger partial charge in [0.15, 0.2) is 0 Å². The molecular weight excluding hydrogens is 222 g/mol. The molecule has 0 unspecified atom stereocenters. The number of aliphatic carboxylic acids is 1. The van der Waals surface area contributed by atoms with Crippen LogP contribution >= 0.6 is 0 Å². The van der Waals surface area contributed by atoms with E-state index in [2.05, 4.69) is 4.72 Å². The number of aliphatic hydroxyl groups is 1. The Morgan fingerprint density at radius 2 is 2.00 bits per heavy atom. The van der Waals surface area contributed by atoms with E-state index >= 15 is 0 Å². The first kappa shape index (κ1) is 12.4. The second-order valence-electron chi connectivity index (χ2n) is 3.76. The van der Waals surface area contributed by atoms with Crippen LogP contribution in [-0.4, -0.2) is 42.5 Å². The predicted molar refractivity (Wildman–Crippen MR) is 52.8 cm³/mol. The van der Waals surface area contributed by atoms with E-state index in [0.717, 1.165) is 0 Å². The highest BCUT2D eigenvalue weighted by atomic mass is 32.2. The van der Waals surface area contributed by atoms with Crippen LogP contribution in [0.1, 0.15) is 25.7 Å². The molecule has 3 N–H and O–H groups in total. The number of carboxylic acids is 1. The largest absolute Gasteiger partial charge is 0.481 e. The lowest BCUT2D eigenvalue weighted by molar-refractivity contribution is -0.137. The summed E-state index contributed by atoms with van der Waals surface area (Å²) in [5.41, 5.74) is 0. The van der Waals surface area contributed by atoms with Crippen molar-refractivity contribution in [2.24, 2.45) is 0 Å². The molecule has 1 saturated carbocycles. The summed E-state index contributed by atoms with van der Waals surface area (Å²) in [5, 5.41) is 17.3. The van der Waals surface area contributed by atoms with Gasteiger partial charge in [-0.15, -0.1) is 0 Å². The van der Waals surface area contributed by atoms with Crippen LogP contribution in [0, 0.1) is 0 Å². The molecule has 7 heteroatoms. The van der Waals surface area contributed by atoms with Gasteiger partial charge in [-0.25, -0.2) is 13.1 Å². The first-order chi connectivity index (χ1) is 6.89. The van der Waals surface area contributed by atoms with Crippen LogP contribution in [0.5, 0.6) is 0 Å². The average Bonchev–Trinajstić information content (AvgIpc) is 1.99. The first-order valence-corrected chi connectivity index (χ1v) is 6.44. The van der Waals surface area contributed by atoms with Crippen molar-refractivity contribution in [3.8, 4) is 0 Å². The van der Waals surface area contributed by atoms with Crippen molar-refractivity contribution in [1.82, 2.24) is 4.72 Å². The van der Waals surface area contributed by atoms with Gasteiger partial charge >= 0.3 is 5.97 Å². The maximum Gasteiger partial charge on any atom is 0.303 e. The second kappa shape index (κ2) is 4.91. The minimum Gasteiger partial charge on any atom is -0.481 e. The molecule has 0 saturated heterocycles. The zero-order valence-electron chi connectivity index (χ0n) is 8.22. The highest BCUT2D eigenvalue weighted by Gasteiger charge is 2.30. The molecule has 0 aliphatic heterocycles. The van der Waals surface area contributed by atoms with E-state index in [1.807, 2.05) is 0 Å². The summed E-state index contributed by atoms with van der Waals surface area (Å²) >= 11 is 0. The Bertz CT molecular complexity index is 320. The Labute approximate surface area is 88.3 Å². The number of rotatable bonds is 6. The van der Waals surface area contributed by atoms with Crippen molar-refractivity contribution in [3.63, 3.8) is 0 Å². The standard InChI is InChI=1S/C8H15NO5S/c10-7-4-6(5-7)9-15(13,14)3-1-2-8(11)12/h6-7,9-10H,1-5H2,(H,11,12). The van der Waals surface area contributed by atoms with Gasteiger partial charge in [0.2, 0.25) is 10.0 Å². The Morgan fingerprint density at radius 3 is 2.47 bits per heavy atom. The third kappa shape index (κ3) is 4.59. The molecule has 0 heterocycles.